The number of ether oxygens (including phenoxy) is 1. The number of rotatable bonds is 7. The second-order valence-corrected chi connectivity index (χ2v) is 8.24. The number of aromatic nitrogens is 2. The Morgan fingerprint density at radius 2 is 2.21 bits per heavy atom. The number of pyridine rings is 1. The molecule has 1 fully saturated rings. The predicted octanol–water partition coefficient (Wildman–Crippen LogP) is 3.12. The third-order valence-corrected chi connectivity index (χ3v) is 6.24. The first-order valence-corrected chi connectivity index (χ1v) is 11.0. The van der Waals surface area contributed by atoms with Gasteiger partial charge in [-0.1, -0.05) is 5.92 Å². The number of aliphatic carboxylic acids is 1. The number of likely N-dealkylation sites (tertiary alicyclic amines) is 1. The molecule has 3 heterocycles. The summed E-state index contributed by atoms with van der Waals surface area (Å²) in [6.45, 7) is 1.66. The average Bonchev–Trinajstić information content (AvgIpc) is 3.35. The zero-order valence-electron chi connectivity index (χ0n) is 18.5. The molecule has 0 spiro atoms. The lowest BCUT2D eigenvalue weighted by Crippen LogP contribution is -2.44. The first kappa shape index (κ1) is 22.8. The van der Waals surface area contributed by atoms with E-state index in [0.717, 1.165) is 29.4 Å². The number of benzene rings is 1. The molecule has 1 aliphatic rings. The summed E-state index contributed by atoms with van der Waals surface area (Å²) in [4.78, 5) is 22.3. The number of nitrogens with zero attached hydrogens (tertiary/aromatic N) is 3. The highest BCUT2D eigenvalue weighted by Gasteiger charge is 2.34. The Labute approximate surface area is 192 Å². The number of carboxylic acid groups (broad SMARTS) is 1. The maximum Gasteiger partial charge on any atom is 0.308 e. The molecule has 3 aromatic rings. The highest BCUT2D eigenvalue weighted by molar-refractivity contribution is 5.83. The van der Waals surface area contributed by atoms with Gasteiger partial charge in [0.1, 0.15) is 12.0 Å². The number of hydrogen-bond donors (Lipinski definition) is 2. The molecule has 8 nitrogen and oxygen atoms in total. The average molecular weight is 450 g/mol. The monoisotopic (exact) mass is 449 g/mol. The summed E-state index contributed by atoms with van der Waals surface area (Å²) < 4.78 is 10.4. The molecular formula is C25H27N3O5. The van der Waals surface area contributed by atoms with Crippen LogP contribution < -0.4 is 4.74 Å². The van der Waals surface area contributed by atoms with Crippen LogP contribution >= 0.6 is 0 Å². The number of oxazole rings is 1. The molecule has 3 atom stereocenters. The number of hydrogen-bond acceptors (Lipinski definition) is 7. The summed E-state index contributed by atoms with van der Waals surface area (Å²) >= 11 is 0. The number of carboxylic acids is 1. The molecule has 33 heavy (non-hydrogen) atoms. The SMILES string of the molecule is COc1ccc2nccc([C@@H](O)CC[C@@H]3CCN(CC#Cc4ncco4)C[C@@H]3C(=O)O)c2c1. The van der Waals surface area contributed by atoms with E-state index in [-0.39, 0.29) is 5.92 Å². The van der Waals surface area contributed by atoms with Gasteiger partial charge in [0.05, 0.1) is 37.4 Å². The van der Waals surface area contributed by atoms with Crippen LogP contribution in [0, 0.1) is 23.7 Å². The highest BCUT2D eigenvalue weighted by Crippen LogP contribution is 2.33. The molecule has 1 aromatic carbocycles. The lowest BCUT2D eigenvalue weighted by molar-refractivity contribution is -0.146. The van der Waals surface area contributed by atoms with Crippen LogP contribution in [0.3, 0.4) is 0 Å². The number of aliphatic hydroxyl groups excluding tert-OH is 1. The first-order valence-electron chi connectivity index (χ1n) is 11.0. The third kappa shape index (κ3) is 5.51. The van der Waals surface area contributed by atoms with Crippen molar-refractivity contribution < 1.29 is 24.2 Å². The number of piperidine rings is 1. The van der Waals surface area contributed by atoms with E-state index in [2.05, 4.69) is 21.8 Å². The van der Waals surface area contributed by atoms with Gasteiger partial charge in [-0.15, -0.1) is 0 Å². The van der Waals surface area contributed by atoms with Crippen molar-refractivity contribution in [1.82, 2.24) is 14.9 Å². The maximum atomic E-state index is 12.0. The Hall–Kier alpha value is -3.41. The van der Waals surface area contributed by atoms with Crippen molar-refractivity contribution in [2.75, 3.05) is 26.7 Å². The topological polar surface area (TPSA) is 109 Å². The van der Waals surface area contributed by atoms with Crippen molar-refractivity contribution in [2.45, 2.75) is 25.4 Å². The molecule has 1 saturated heterocycles. The first-order chi connectivity index (χ1) is 16.0. The summed E-state index contributed by atoms with van der Waals surface area (Å²) in [5.41, 5.74) is 1.57. The van der Waals surface area contributed by atoms with Crippen LogP contribution in [0.2, 0.25) is 0 Å². The molecule has 2 aromatic heterocycles. The van der Waals surface area contributed by atoms with E-state index >= 15 is 0 Å². The molecule has 2 N–H and O–H groups in total. The summed E-state index contributed by atoms with van der Waals surface area (Å²) in [6, 6.07) is 7.40. The van der Waals surface area contributed by atoms with Crippen molar-refractivity contribution in [3.63, 3.8) is 0 Å². The Kier molecular flexibility index (Phi) is 7.23. The van der Waals surface area contributed by atoms with E-state index in [1.165, 1.54) is 12.5 Å². The van der Waals surface area contributed by atoms with Crippen molar-refractivity contribution in [1.29, 1.82) is 0 Å². The van der Waals surface area contributed by atoms with E-state index in [1.54, 1.807) is 13.3 Å². The van der Waals surface area contributed by atoms with E-state index in [0.29, 0.717) is 37.6 Å². The van der Waals surface area contributed by atoms with Gasteiger partial charge in [0.15, 0.2) is 0 Å². The summed E-state index contributed by atoms with van der Waals surface area (Å²) in [7, 11) is 1.60. The van der Waals surface area contributed by atoms with E-state index in [1.807, 2.05) is 29.2 Å². The van der Waals surface area contributed by atoms with Gasteiger partial charge in [0.2, 0.25) is 0 Å². The van der Waals surface area contributed by atoms with E-state index in [4.69, 9.17) is 9.15 Å². The molecule has 0 unspecified atom stereocenters. The highest BCUT2D eigenvalue weighted by atomic mass is 16.5. The Morgan fingerprint density at radius 1 is 1.33 bits per heavy atom. The molecular weight excluding hydrogens is 422 g/mol. The predicted molar refractivity (Wildman–Crippen MR) is 122 cm³/mol. The smallest absolute Gasteiger partial charge is 0.308 e. The van der Waals surface area contributed by atoms with Crippen LogP contribution in [0.4, 0.5) is 0 Å². The number of aliphatic hydroxyl groups is 1. The van der Waals surface area contributed by atoms with Gasteiger partial charge >= 0.3 is 5.97 Å². The molecule has 0 bridgehead atoms. The van der Waals surface area contributed by atoms with Crippen molar-refractivity contribution in [3.8, 4) is 17.6 Å². The van der Waals surface area contributed by atoms with Crippen LogP contribution in [-0.4, -0.2) is 57.8 Å². The zero-order valence-corrected chi connectivity index (χ0v) is 18.5. The Morgan fingerprint density at radius 3 is 2.97 bits per heavy atom. The fraction of sp³-hybridized carbons (Fsp3) is 0.400. The van der Waals surface area contributed by atoms with Crippen molar-refractivity contribution >= 4 is 16.9 Å². The minimum atomic E-state index is -0.807. The van der Waals surface area contributed by atoms with Crippen LogP contribution in [0.25, 0.3) is 10.9 Å². The summed E-state index contributed by atoms with van der Waals surface area (Å²) in [5.74, 6) is 5.60. The standard InChI is InChI=1S/C25H27N3O5/c1-32-18-5-6-22-20(15-18)19(8-10-26-22)23(29)7-4-17-9-13-28(16-21(17)25(30)31)12-2-3-24-27-11-14-33-24/h5-6,8,10-11,14-15,17,21,23,29H,4,7,9,12-13,16H2,1H3,(H,30,31)/t17-,21+,23+/m1/s1. The Balaban J connectivity index is 1.38. The van der Waals surface area contributed by atoms with Crippen LogP contribution in [0.5, 0.6) is 5.75 Å². The number of methoxy groups -OCH3 is 1. The second-order valence-electron chi connectivity index (χ2n) is 8.24. The molecule has 4 rings (SSSR count). The molecule has 8 heteroatoms. The van der Waals surface area contributed by atoms with E-state index in [9.17, 15) is 15.0 Å². The minimum absolute atomic E-state index is 0.00395. The molecule has 1 aliphatic heterocycles. The van der Waals surface area contributed by atoms with E-state index < -0.39 is 18.0 Å². The molecule has 0 aliphatic carbocycles. The minimum Gasteiger partial charge on any atom is -0.497 e. The number of fused-ring (bicyclic) bond motifs is 1. The van der Waals surface area contributed by atoms with Crippen LogP contribution in [-0.2, 0) is 4.79 Å². The van der Waals surface area contributed by atoms with Gasteiger partial charge in [0.25, 0.3) is 5.89 Å². The van der Waals surface area contributed by atoms with Gasteiger partial charge < -0.3 is 19.4 Å². The largest absolute Gasteiger partial charge is 0.497 e. The molecule has 0 radical (unpaired) electrons. The summed E-state index contributed by atoms with van der Waals surface area (Å²) in [6.07, 6.45) is 5.84. The quantitative estimate of drug-likeness (QED) is 0.530. The lowest BCUT2D eigenvalue weighted by atomic mass is 9.81. The van der Waals surface area contributed by atoms with Gasteiger partial charge in [-0.05, 0) is 67.5 Å². The molecule has 172 valence electrons. The fourth-order valence-corrected chi connectivity index (χ4v) is 4.44. The molecule has 0 saturated carbocycles. The van der Waals surface area contributed by atoms with Crippen molar-refractivity contribution in [3.05, 3.63) is 54.4 Å². The second kappa shape index (κ2) is 10.5. The van der Waals surface area contributed by atoms with Crippen LogP contribution in [0.1, 0.15) is 36.8 Å². The Bertz CT molecular complexity index is 1150. The van der Waals surface area contributed by atoms with Crippen LogP contribution in [0.15, 0.2) is 47.3 Å². The van der Waals surface area contributed by atoms with Gasteiger partial charge in [-0.3, -0.25) is 14.7 Å². The normalized spacial score (nSPS) is 19.6. The summed E-state index contributed by atoms with van der Waals surface area (Å²) in [5, 5.41) is 21.6. The zero-order chi connectivity index (χ0) is 23.2. The molecule has 0 amide bonds. The van der Waals surface area contributed by atoms with Gasteiger partial charge in [-0.25, -0.2) is 4.98 Å². The van der Waals surface area contributed by atoms with Crippen molar-refractivity contribution in [2.24, 2.45) is 11.8 Å². The maximum absolute atomic E-state index is 12.0. The third-order valence-electron chi connectivity index (χ3n) is 6.24. The lowest BCUT2D eigenvalue weighted by Gasteiger charge is -2.36. The van der Waals surface area contributed by atoms with Gasteiger partial charge in [-0.2, -0.15) is 0 Å². The fourth-order valence-electron chi connectivity index (χ4n) is 4.44. The number of carbonyl (C=O) groups is 1. The van der Waals surface area contributed by atoms with Gasteiger partial charge in [0, 0.05) is 18.1 Å².